The Hall–Kier alpha value is -1.55. The van der Waals surface area contributed by atoms with Crippen molar-refractivity contribution in [2.24, 2.45) is 0 Å². The van der Waals surface area contributed by atoms with Crippen LogP contribution in [0, 0.1) is 6.92 Å². The molecule has 0 atom stereocenters. The lowest BCUT2D eigenvalue weighted by atomic mass is 10.2. The molecule has 160 valence electrons. The fourth-order valence-corrected chi connectivity index (χ4v) is 3.35. The third-order valence-corrected chi connectivity index (χ3v) is 4.71. The minimum Gasteiger partial charge on any atom is -0.491 e. The lowest BCUT2D eigenvalue weighted by molar-refractivity contribution is -0.147. The van der Waals surface area contributed by atoms with Crippen molar-refractivity contribution in [3.05, 3.63) is 45.5 Å². The topological polar surface area (TPSA) is 57.6 Å². The molecular formula is C19H22BrClF3N3O2. The monoisotopic (exact) mass is 495 g/mol. The number of aliphatic hydroxyl groups excluding tert-OH is 1. The number of hydrogen-bond donors (Lipinski definition) is 2. The minimum absolute atomic E-state index is 0.0413. The molecule has 5 nitrogen and oxygen atoms in total. The number of aliphatic hydroxyl groups is 1. The predicted molar refractivity (Wildman–Crippen MR) is 111 cm³/mol. The largest absolute Gasteiger partial charge is 0.491 e. The zero-order chi connectivity index (χ0) is 21.4. The lowest BCUT2D eigenvalue weighted by Gasteiger charge is -2.22. The van der Waals surface area contributed by atoms with E-state index >= 15 is 0 Å². The van der Waals surface area contributed by atoms with Crippen LogP contribution < -0.4 is 10.1 Å². The Labute approximate surface area is 181 Å². The Bertz CT molecular complexity index is 809. The molecule has 0 aliphatic rings. The van der Waals surface area contributed by atoms with E-state index in [1.165, 1.54) is 0 Å². The summed E-state index contributed by atoms with van der Waals surface area (Å²) in [4.78, 5) is 5.48. The highest BCUT2D eigenvalue weighted by Crippen LogP contribution is 2.33. The van der Waals surface area contributed by atoms with Crippen molar-refractivity contribution in [3.8, 4) is 5.75 Å². The first kappa shape index (κ1) is 23.7. The average Bonchev–Trinajstić information content (AvgIpc) is 2.61. The summed E-state index contributed by atoms with van der Waals surface area (Å²) < 4.78 is 44.2. The van der Waals surface area contributed by atoms with E-state index in [4.69, 9.17) is 21.4 Å². The molecule has 0 aliphatic heterocycles. The summed E-state index contributed by atoms with van der Waals surface area (Å²) >= 11 is 9.53. The van der Waals surface area contributed by atoms with Gasteiger partial charge in [-0.3, -0.25) is 4.90 Å². The molecule has 1 heterocycles. The molecule has 1 aromatic carbocycles. The molecular weight excluding hydrogens is 475 g/mol. The van der Waals surface area contributed by atoms with Crippen molar-refractivity contribution in [1.29, 1.82) is 0 Å². The number of pyridine rings is 1. The number of benzene rings is 1. The average molecular weight is 497 g/mol. The SMILES string of the molecule is Cc1cnc(Nc2cc(Cl)ccc2OCCCN(CCO)CC(F)(F)F)c(Br)c1. The van der Waals surface area contributed by atoms with E-state index in [1.54, 1.807) is 24.4 Å². The highest BCUT2D eigenvalue weighted by Gasteiger charge is 2.30. The van der Waals surface area contributed by atoms with Gasteiger partial charge in [0.1, 0.15) is 11.6 Å². The number of nitrogens with zero attached hydrogens (tertiary/aromatic N) is 2. The molecule has 0 saturated carbocycles. The zero-order valence-electron chi connectivity index (χ0n) is 15.8. The van der Waals surface area contributed by atoms with Gasteiger partial charge in [0.15, 0.2) is 0 Å². The van der Waals surface area contributed by atoms with Gasteiger partial charge in [-0.1, -0.05) is 11.6 Å². The zero-order valence-corrected chi connectivity index (χ0v) is 18.1. The molecule has 0 radical (unpaired) electrons. The summed E-state index contributed by atoms with van der Waals surface area (Å²) in [7, 11) is 0. The quantitative estimate of drug-likeness (QED) is 0.444. The van der Waals surface area contributed by atoms with Gasteiger partial charge in [0.05, 0.1) is 29.9 Å². The summed E-state index contributed by atoms with van der Waals surface area (Å²) in [6.07, 6.45) is -2.23. The van der Waals surface area contributed by atoms with E-state index in [0.717, 1.165) is 14.9 Å². The first-order valence-corrected chi connectivity index (χ1v) is 10.1. The molecule has 0 fully saturated rings. The number of rotatable bonds is 10. The van der Waals surface area contributed by atoms with E-state index in [9.17, 15) is 13.2 Å². The summed E-state index contributed by atoms with van der Waals surface area (Å²) in [5.41, 5.74) is 1.59. The van der Waals surface area contributed by atoms with Crippen LogP contribution in [0.15, 0.2) is 34.9 Å². The van der Waals surface area contributed by atoms with Crippen LogP contribution in [0.25, 0.3) is 0 Å². The molecule has 0 aliphatic carbocycles. The van der Waals surface area contributed by atoms with Crippen LogP contribution in [0.5, 0.6) is 5.75 Å². The predicted octanol–water partition coefficient (Wildman–Crippen LogP) is 5.18. The van der Waals surface area contributed by atoms with Crippen molar-refractivity contribution in [2.75, 3.05) is 38.2 Å². The molecule has 29 heavy (non-hydrogen) atoms. The number of aryl methyl sites for hydroxylation is 1. The Morgan fingerprint density at radius 1 is 1.28 bits per heavy atom. The molecule has 0 bridgehead atoms. The van der Waals surface area contributed by atoms with Gasteiger partial charge >= 0.3 is 6.18 Å². The van der Waals surface area contributed by atoms with Crippen LogP contribution in [0.4, 0.5) is 24.7 Å². The number of hydrogen-bond acceptors (Lipinski definition) is 5. The number of anilines is 2. The highest BCUT2D eigenvalue weighted by atomic mass is 79.9. The maximum atomic E-state index is 12.6. The number of ether oxygens (including phenoxy) is 1. The first-order valence-electron chi connectivity index (χ1n) is 8.89. The lowest BCUT2D eigenvalue weighted by Crippen LogP contribution is -2.37. The molecule has 1 aromatic heterocycles. The second-order valence-corrected chi connectivity index (χ2v) is 7.72. The fourth-order valence-electron chi connectivity index (χ4n) is 2.61. The molecule has 2 rings (SSSR count). The highest BCUT2D eigenvalue weighted by molar-refractivity contribution is 9.10. The van der Waals surface area contributed by atoms with E-state index in [1.807, 2.05) is 13.0 Å². The maximum absolute atomic E-state index is 12.6. The maximum Gasteiger partial charge on any atom is 0.401 e. The Morgan fingerprint density at radius 3 is 2.69 bits per heavy atom. The van der Waals surface area contributed by atoms with Crippen LogP contribution in [0.2, 0.25) is 5.02 Å². The van der Waals surface area contributed by atoms with Crippen molar-refractivity contribution < 1.29 is 23.0 Å². The summed E-state index contributed by atoms with van der Waals surface area (Å²) in [6.45, 7) is 0.851. The van der Waals surface area contributed by atoms with E-state index in [-0.39, 0.29) is 26.3 Å². The van der Waals surface area contributed by atoms with Crippen molar-refractivity contribution in [3.63, 3.8) is 0 Å². The molecule has 2 aromatic rings. The second kappa shape index (κ2) is 11.0. The Morgan fingerprint density at radius 2 is 2.03 bits per heavy atom. The van der Waals surface area contributed by atoms with Gasteiger partial charge in [-0.2, -0.15) is 13.2 Å². The number of alkyl halides is 3. The van der Waals surface area contributed by atoms with Crippen molar-refractivity contribution in [1.82, 2.24) is 9.88 Å². The Balaban J connectivity index is 1.98. The van der Waals surface area contributed by atoms with Gasteiger partial charge in [0, 0.05) is 24.3 Å². The first-order chi connectivity index (χ1) is 13.7. The van der Waals surface area contributed by atoms with Gasteiger partial charge in [-0.05, 0) is 59.1 Å². The molecule has 0 saturated heterocycles. The van der Waals surface area contributed by atoms with Crippen LogP contribution in [0.1, 0.15) is 12.0 Å². The Kier molecular flexibility index (Phi) is 9.01. The van der Waals surface area contributed by atoms with E-state index in [0.29, 0.717) is 28.7 Å². The van der Waals surface area contributed by atoms with Gasteiger partial charge in [-0.15, -0.1) is 0 Å². The molecule has 0 unspecified atom stereocenters. The standard InChI is InChI=1S/C19H22BrClF3N3O2/c1-13-9-15(20)18(25-11-13)26-16-10-14(21)3-4-17(16)29-8-2-5-27(6-7-28)12-19(22,23)24/h3-4,9-11,28H,2,5-8,12H2,1H3,(H,25,26). The van der Waals surface area contributed by atoms with Crippen LogP contribution in [-0.4, -0.2) is 54.0 Å². The van der Waals surface area contributed by atoms with E-state index < -0.39 is 12.7 Å². The van der Waals surface area contributed by atoms with Gasteiger partial charge in [-0.25, -0.2) is 4.98 Å². The van der Waals surface area contributed by atoms with Crippen molar-refractivity contribution in [2.45, 2.75) is 19.5 Å². The third-order valence-electron chi connectivity index (χ3n) is 3.87. The molecule has 2 N–H and O–H groups in total. The van der Waals surface area contributed by atoms with Crippen LogP contribution in [-0.2, 0) is 0 Å². The molecule has 0 amide bonds. The second-order valence-electron chi connectivity index (χ2n) is 6.43. The fraction of sp³-hybridized carbons (Fsp3) is 0.421. The smallest absolute Gasteiger partial charge is 0.401 e. The number of nitrogens with one attached hydrogen (secondary N) is 1. The third kappa shape index (κ3) is 8.38. The van der Waals surface area contributed by atoms with Gasteiger partial charge in [0.2, 0.25) is 0 Å². The van der Waals surface area contributed by atoms with Gasteiger partial charge in [0.25, 0.3) is 0 Å². The molecule has 10 heteroatoms. The summed E-state index contributed by atoms with van der Waals surface area (Å²) in [5, 5.41) is 12.6. The van der Waals surface area contributed by atoms with E-state index in [2.05, 4.69) is 26.2 Å². The summed E-state index contributed by atoms with van der Waals surface area (Å²) in [5.74, 6) is 1.09. The number of aromatic nitrogens is 1. The van der Waals surface area contributed by atoms with Crippen molar-refractivity contribution >= 4 is 39.0 Å². The van der Waals surface area contributed by atoms with Crippen LogP contribution in [0.3, 0.4) is 0 Å². The molecule has 0 spiro atoms. The summed E-state index contributed by atoms with van der Waals surface area (Å²) in [6, 6.07) is 6.96. The number of halogens is 5. The minimum atomic E-state index is -4.31. The normalized spacial score (nSPS) is 11.7. The van der Waals surface area contributed by atoms with Gasteiger partial charge < -0.3 is 15.2 Å². The van der Waals surface area contributed by atoms with Crippen LogP contribution >= 0.6 is 27.5 Å².